The van der Waals surface area contributed by atoms with Gasteiger partial charge < -0.3 is 10.2 Å². The first kappa shape index (κ1) is 24.7. The highest BCUT2D eigenvalue weighted by atomic mass is 19.1. The van der Waals surface area contributed by atoms with Crippen LogP contribution in [0.25, 0.3) is 22.0 Å². The number of nitrogens with zero attached hydrogens (tertiary/aromatic N) is 5. The van der Waals surface area contributed by atoms with Gasteiger partial charge in [-0.15, -0.1) is 0 Å². The van der Waals surface area contributed by atoms with E-state index in [2.05, 4.69) is 20.4 Å². The number of ketones is 1. The van der Waals surface area contributed by atoms with Gasteiger partial charge in [0.15, 0.2) is 5.78 Å². The molecule has 2 amide bonds. The maximum Gasteiger partial charge on any atom is 0.245 e. The van der Waals surface area contributed by atoms with Crippen molar-refractivity contribution in [3.05, 3.63) is 53.5 Å². The Balaban J connectivity index is 1.40. The standard InChI is InChI=1S/C27H29FN6O3/c1-14(2)21(28)12-31-27(37)24-9-18-8-23(18)34(24)25(36)13-33-22-6-5-17(19-10-29-16(4)30-11-19)7-20(22)26(32-33)15(3)35/h5-7,10-11,18,23-24H,8-9,12-13H2,1-4H3,(H,31,37)/t18-,23-,24+/m1/s1. The fourth-order valence-corrected chi connectivity index (χ4v) is 5.00. The summed E-state index contributed by atoms with van der Waals surface area (Å²) in [6.45, 7) is 6.24. The van der Waals surface area contributed by atoms with E-state index in [0.29, 0.717) is 28.7 Å². The van der Waals surface area contributed by atoms with Gasteiger partial charge in [-0.2, -0.15) is 5.10 Å². The normalized spacial score (nSPS) is 20.0. The molecule has 0 unspecified atom stereocenters. The minimum absolute atomic E-state index is 0.0128. The van der Waals surface area contributed by atoms with Crippen LogP contribution in [0.2, 0.25) is 0 Å². The van der Waals surface area contributed by atoms with Crippen LogP contribution in [0.3, 0.4) is 0 Å². The molecule has 1 aliphatic carbocycles. The highest BCUT2D eigenvalue weighted by molar-refractivity contribution is 6.06. The van der Waals surface area contributed by atoms with Gasteiger partial charge in [0.25, 0.3) is 0 Å². The fraction of sp³-hybridized carbons (Fsp3) is 0.407. The summed E-state index contributed by atoms with van der Waals surface area (Å²) in [5.41, 5.74) is 3.07. The van der Waals surface area contributed by atoms with Crippen molar-refractivity contribution >= 4 is 28.5 Å². The molecule has 3 atom stereocenters. The SMILES string of the molecule is CC(=O)c1nn(CC(=O)N2[C@@H]3C[C@@H]3C[C@H]2C(=O)NCC(F)=C(C)C)c2ccc(-c3cnc(C)nc3)cc12. The van der Waals surface area contributed by atoms with Gasteiger partial charge in [-0.25, -0.2) is 14.4 Å². The summed E-state index contributed by atoms with van der Waals surface area (Å²) < 4.78 is 15.4. The van der Waals surface area contributed by atoms with Crippen molar-refractivity contribution in [2.45, 2.75) is 59.2 Å². The number of hydrogen-bond acceptors (Lipinski definition) is 6. The van der Waals surface area contributed by atoms with Gasteiger partial charge in [0, 0.05) is 36.3 Å². The molecule has 0 spiro atoms. The molecule has 2 aliphatic rings. The topological polar surface area (TPSA) is 110 Å². The molecular weight excluding hydrogens is 475 g/mol. The minimum Gasteiger partial charge on any atom is -0.348 e. The van der Waals surface area contributed by atoms with E-state index in [-0.39, 0.29) is 54.2 Å². The van der Waals surface area contributed by atoms with Crippen molar-refractivity contribution in [2.75, 3.05) is 6.54 Å². The average molecular weight is 505 g/mol. The average Bonchev–Trinajstić information content (AvgIpc) is 3.38. The fourth-order valence-electron chi connectivity index (χ4n) is 5.00. The number of piperidine rings is 1. The van der Waals surface area contributed by atoms with Crippen molar-refractivity contribution in [1.82, 2.24) is 30.0 Å². The maximum atomic E-state index is 13.9. The molecular formula is C27H29FN6O3. The zero-order chi connectivity index (χ0) is 26.4. The lowest BCUT2D eigenvalue weighted by Gasteiger charge is -2.27. The van der Waals surface area contributed by atoms with Crippen LogP contribution in [0.5, 0.6) is 0 Å². The van der Waals surface area contributed by atoms with Gasteiger partial charge in [0.1, 0.15) is 29.9 Å². The predicted molar refractivity (Wildman–Crippen MR) is 135 cm³/mol. The third-order valence-corrected chi connectivity index (χ3v) is 7.14. The summed E-state index contributed by atoms with van der Waals surface area (Å²) in [6, 6.07) is 4.94. The quantitative estimate of drug-likeness (QED) is 0.494. The third kappa shape index (κ3) is 4.75. The van der Waals surface area contributed by atoms with E-state index in [4.69, 9.17) is 0 Å². The van der Waals surface area contributed by atoms with Crippen LogP contribution >= 0.6 is 0 Å². The van der Waals surface area contributed by atoms with Crippen molar-refractivity contribution in [1.29, 1.82) is 0 Å². The second-order valence-electron chi connectivity index (χ2n) is 10.1. The Kier molecular flexibility index (Phi) is 6.35. The molecule has 1 aliphatic heterocycles. The Morgan fingerprint density at radius 2 is 1.81 bits per heavy atom. The Morgan fingerprint density at radius 3 is 2.49 bits per heavy atom. The largest absolute Gasteiger partial charge is 0.348 e. The van der Waals surface area contributed by atoms with Crippen LogP contribution in [0.15, 0.2) is 42.0 Å². The molecule has 37 heavy (non-hydrogen) atoms. The van der Waals surface area contributed by atoms with E-state index in [9.17, 15) is 18.8 Å². The smallest absolute Gasteiger partial charge is 0.245 e. The number of rotatable bonds is 7. The summed E-state index contributed by atoms with van der Waals surface area (Å²) in [4.78, 5) is 48.8. The number of fused-ring (bicyclic) bond motifs is 2. The Labute approximate surface area is 213 Å². The first-order chi connectivity index (χ1) is 17.6. The molecule has 1 saturated heterocycles. The molecule has 192 valence electrons. The number of hydrogen-bond donors (Lipinski definition) is 1. The van der Waals surface area contributed by atoms with Crippen molar-refractivity contribution in [2.24, 2.45) is 5.92 Å². The molecule has 10 heteroatoms. The van der Waals surface area contributed by atoms with Crippen LogP contribution in [-0.4, -0.2) is 60.9 Å². The number of carbonyl (C=O) groups is 3. The second-order valence-corrected chi connectivity index (χ2v) is 10.1. The van der Waals surface area contributed by atoms with Gasteiger partial charge >= 0.3 is 0 Å². The summed E-state index contributed by atoms with van der Waals surface area (Å²) in [5, 5.41) is 7.73. The van der Waals surface area contributed by atoms with E-state index in [1.54, 1.807) is 31.1 Å². The summed E-state index contributed by atoms with van der Waals surface area (Å²) >= 11 is 0. The van der Waals surface area contributed by atoms with Gasteiger partial charge in [-0.1, -0.05) is 6.07 Å². The molecule has 9 nitrogen and oxygen atoms in total. The third-order valence-electron chi connectivity index (χ3n) is 7.14. The summed E-state index contributed by atoms with van der Waals surface area (Å²) in [6.07, 6.45) is 4.87. The van der Waals surface area contributed by atoms with Gasteiger partial charge in [-0.05, 0) is 62.8 Å². The van der Waals surface area contributed by atoms with E-state index >= 15 is 0 Å². The zero-order valence-corrected chi connectivity index (χ0v) is 21.3. The molecule has 1 aromatic carbocycles. The molecule has 1 N–H and O–H groups in total. The number of halogens is 1. The van der Waals surface area contributed by atoms with Crippen LogP contribution in [0, 0.1) is 12.8 Å². The van der Waals surface area contributed by atoms with Gasteiger partial charge in [-0.3, -0.25) is 19.1 Å². The lowest BCUT2D eigenvalue weighted by Crippen LogP contribution is -2.49. The second kappa shape index (κ2) is 9.49. The Hall–Kier alpha value is -3.95. The van der Waals surface area contributed by atoms with E-state index < -0.39 is 6.04 Å². The van der Waals surface area contributed by atoms with Gasteiger partial charge in [0.05, 0.1) is 12.1 Å². The number of aryl methyl sites for hydroxylation is 1. The molecule has 3 aromatic rings. The number of allylic oxidation sites excluding steroid dienone is 1. The monoisotopic (exact) mass is 504 g/mol. The van der Waals surface area contributed by atoms with E-state index in [1.165, 1.54) is 11.6 Å². The number of benzene rings is 1. The minimum atomic E-state index is -0.636. The first-order valence-electron chi connectivity index (χ1n) is 12.3. The van der Waals surface area contributed by atoms with Crippen molar-refractivity contribution in [3.8, 4) is 11.1 Å². The van der Waals surface area contributed by atoms with Gasteiger partial charge in [0.2, 0.25) is 11.8 Å². The maximum absolute atomic E-state index is 13.9. The molecule has 2 aromatic heterocycles. The molecule has 3 heterocycles. The van der Waals surface area contributed by atoms with E-state index in [0.717, 1.165) is 17.5 Å². The molecule has 2 fully saturated rings. The number of Topliss-reactive ketones (excluding diaryl/α,β-unsaturated/α-hetero) is 1. The lowest BCUT2D eigenvalue weighted by molar-refractivity contribution is -0.140. The number of aromatic nitrogens is 4. The highest BCUT2D eigenvalue weighted by Crippen LogP contribution is 2.48. The van der Waals surface area contributed by atoms with Crippen LogP contribution in [-0.2, 0) is 16.1 Å². The molecule has 5 rings (SSSR count). The van der Waals surface area contributed by atoms with Crippen LogP contribution in [0.1, 0.15) is 49.9 Å². The summed E-state index contributed by atoms with van der Waals surface area (Å²) in [7, 11) is 0. The summed E-state index contributed by atoms with van der Waals surface area (Å²) in [5.74, 6) is -0.245. The number of amides is 2. The number of nitrogens with one attached hydrogen (secondary N) is 1. The molecule has 1 saturated carbocycles. The zero-order valence-electron chi connectivity index (χ0n) is 21.3. The highest BCUT2D eigenvalue weighted by Gasteiger charge is 2.56. The van der Waals surface area contributed by atoms with Crippen LogP contribution in [0.4, 0.5) is 4.39 Å². The van der Waals surface area contributed by atoms with E-state index in [1.807, 2.05) is 25.1 Å². The van der Waals surface area contributed by atoms with Crippen molar-refractivity contribution in [3.63, 3.8) is 0 Å². The van der Waals surface area contributed by atoms with Crippen LogP contribution < -0.4 is 5.32 Å². The Morgan fingerprint density at radius 1 is 1.08 bits per heavy atom. The lowest BCUT2D eigenvalue weighted by atomic mass is 10.0. The number of carbonyl (C=O) groups excluding carboxylic acids is 3. The first-order valence-corrected chi connectivity index (χ1v) is 12.3. The predicted octanol–water partition coefficient (Wildman–Crippen LogP) is 3.37. The van der Waals surface area contributed by atoms with Crippen molar-refractivity contribution < 1.29 is 18.8 Å². The molecule has 0 radical (unpaired) electrons. The Bertz CT molecular complexity index is 1440. The number of likely N-dealkylation sites (tertiary alicyclic amines) is 1. The molecule has 0 bridgehead atoms.